The standard InChI is InChI=1S/C11H21N3O3/c1-7(2)9(13-11(12)17)10(16)14-5-3-4-8(15)6-14/h7-9,15H,3-6H2,1-2H3,(H3,12,13,17)/t8-,9?/m0/s1. The van der Waals surface area contributed by atoms with Gasteiger partial charge < -0.3 is 21.1 Å². The summed E-state index contributed by atoms with van der Waals surface area (Å²) in [6.07, 6.45) is 1.04. The summed E-state index contributed by atoms with van der Waals surface area (Å²) in [5, 5.41) is 12.0. The Balaban J connectivity index is 2.66. The van der Waals surface area contributed by atoms with Crippen LogP contribution in [-0.2, 0) is 4.79 Å². The van der Waals surface area contributed by atoms with Gasteiger partial charge in [0.1, 0.15) is 6.04 Å². The first-order chi connectivity index (χ1) is 7.91. The van der Waals surface area contributed by atoms with E-state index in [-0.39, 0.29) is 11.8 Å². The third-order valence-corrected chi connectivity index (χ3v) is 2.94. The third-order valence-electron chi connectivity index (χ3n) is 2.94. The van der Waals surface area contributed by atoms with Gasteiger partial charge in [0.25, 0.3) is 0 Å². The van der Waals surface area contributed by atoms with Crippen LogP contribution >= 0.6 is 0 Å². The summed E-state index contributed by atoms with van der Waals surface area (Å²) in [6.45, 7) is 4.65. The molecule has 1 fully saturated rings. The molecule has 0 spiro atoms. The fraction of sp³-hybridized carbons (Fsp3) is 0.818. The van der Waals surface area contributed by atoms with Gasteiger partial charge in [0.05, 0.1) is 6.10 Å². The molecule has 2 atom stereocenters. The number of carbonyl (C=O) groups is 2. The van der Waals surface area contributed by atoms with Crippen molar-refractivity contribution in [3.05, 3.63) is 0 Å². The number of rotatable bonds is 3. The molecule has 98 valence electrons. The van der Waals surface area contributed by atoms with Gasteiger partial charge in [0.15, 0.2) is 0 Å². The van der Waals surface area contributed by atoms with Gasteiger partial charge in [-0.3, -0.25) is 4.79 Å². The fourth-order valence-electron chi connectivity index (χ4n) is 2.02. The molecular weight excluding hydrogens is 222 g/mol. The zero-order valence-corrected chi connectivity index (χ0v) is 10.3. The smallest absolute Gasteiger partial charge is 0.312 e. The average Bonchev–Trinajstić information content (AvgIpc) is 2.24. The van der Waals surface area contributed by atoms with Crippen molar-refractivity contribution >= 4 is 11.9 Å². The van der Waals surface area contributed by atoms with Crippen LogP contribution in [0, 0.1) is 5.92 Å². The lowest BCUT2D eigenvalue weighted by atomic mass is 10.0. The first-order valence-electron chi connectivity index (χ1n) is 5.94. The van der Waals surface area contributed by atoms with Crippen LogP contribution in [0.1, 0.15) is 26.7 Å². The Bertz CT molecular complexity index is 294. The number of nitrogens with zero attached hydrogens (tertiary/aromatic N) is 1. The number of aliphatic hydroxyl groups is 1. The SMILES string of the molecule is CC(C)C(NC(N)=O)C(=O)N1CCC[C@H](O)C1. The van der Waals surface area contributed by atoms with Crippen molar-refractivity contribution in [2.24, 2.45) is 11.7 Å². The minimum absolute atomic E-state index is 0.0333. The van der Waals surface area contributed by atoms with Gasteiger partial charge in [-0.1, -0.05) is 13.8 Å². The number of aliphatic hydroxyl groups excluding tert-OH is 1. The van der Waals surface area contributed by atoms with E-state index >= 15 is 0 Å². The van der Waals surface area contributed by atoms with Crippen LogP contribution in [0.2, 0.25) is 0 Å². The minimum atomic E-state index is -0.699. The van der Waals surface area contributed by atoms with Gasteiger partial charge in [0.2, 0.25) is 5.91 Å². The van der Waals surface area contributed by atoms with Gasteiger partial charge in [0, 0.05) is 13.1 Å². The first kappa shape index (κ1) is 13.8. The van der Waals surface area contributed by atoms with Crippen molar-refractivity contribution in [1.82, 2.24) is 10.2 Å². The number of nitrogens with one attached hydrogen (secondary N) is 1. The summed E-state index contributed by atoms with van der Waals surface area (Å²) >= 11 is 0. The number of β-amino-alcohol motifs (C(OH)–C–C–N with tert-alkyl or cyclic N) is 1. The molecule has 0 aromatic carbocycles. The Hall–Kier alpha value is -1.30. The van der Waals surface area contributed by atoms with Crippen molar-refractivity contribution in [3.63, 3.8) is 0 Å². The zero-order valence-electron chi connectivity index (χ0n) is 10.3. The van der Waals surface area contributed by atoms with Gasteiger partial charge in [-0.05, 0) is 18.8 Å². The molecule has 1 saturated heterocycles. The summed E-state index contributed by atoms with van der Waals surface area (Å²) < 4.78 is 0. The van der Waals surface area contributed by atoms with E-state index in [1.165, 1.54) is 0 Å². The number of urea groups is 1. The molecule has 6 nitrogen and oxygen atoms in total. The van der Waals surface area contributed by atoms with Gasteiger partial charge in [-0.15, -0.1) is 0 Å². The Morgan fingerprint density at radius 2 is 2.12 bits per heavy atom. The van der Waals surface area contributed by atoms with E-state index in [9.17, 15) is 14.7 Å². The molecule has 0 aliphatic carbocycles. The number of primary amides is 1. The number of hydrogen-bond acceptors (Lipinski definition) is 3. The second-order valence-electron chi connectivity index (χ2n) is 4.81. The molecule has 1 rings (SSSR count). The van der Waals surface area contributed by atoms with E-state index in [2.05, 4.69) is 5.32 Å². The number of nitrogens with two attached hydrogens (primary N) is 1. The lowest BCUT2D eigenvalue weighted by Gasteiger charge is -2.34. The quantitative estimate of drug-likeness (QED) is 0.633. The molecule has 1 aliphatic rings. The molecule has 1 unspecified atom stereocenters. The summed E-state index contributed by atoms with van der Waals surface area (Å²) in [5.74, 6) is -0.202. The first-order valence-corrected chi connectivity index (χ1v) is 5.94. The van der Waals surface area contributed by atoms with Crippen molar-refractivity contribution in [2.75, 3.05) is 13.1 Å². The van der Waals surface area contributed by atoms with Gasteiger partial charge in [-0.25, -0.2) is 4.79 Å². The highest BCUT2D eigenvalue weighted by molar-refractivity contribution is 5.86. The number of carbonyl (C=O) groups excluding carboxylic acids is 2. The number of likely N-dealkylation sites (tertiary alicyclic amines) is 1. The Kier molecular flexibility index (Phi) is 4.74. The summed E-state index contributed by atoms with van der Waals surface area (Å²) in [6, 6.07) is -1.31. The molecule has 1 aliphatic heterocycles. The number of amides is 3. The Morgan fingerprint density at radius 1 is 1.47 bits per heavy atom. The van der Waals surface area contributed by atoms with Crippen LogP contribution in [-0.4, -0.2) is 47.2 Å². The van der Waals surface area contributed by atoms with Crippen molar-refractivity contribution in [3.8, 4) is 0 Å². The van der Waals surface area contributed by atoms with E-state index in [1.54, 1.807) is 4.90 Å². The molecule has 0 bridgehead atoms. The lowest BCUT2D eigenvalue weighted by molar-refractivity contribution is -0.137. The molecule has 0 radical (unpaired) electrons. The molecule has 1 heterocycles. The molecule has 17 heavy (non-hydrogen) atoms. The summed E-state index contributed by atoms with van der Waals surface area (Å²) in [7, 11) is 0. The average molecular weight is 243 g/mol. The molecule has 4 N–H and O–H groups in total. The maximum atomic E-state index is 12.2. The van der Waals surface area contributed by atoms with Crippen molar-refractivity contribution < 1.29 is 14.7 Å². The predicted octanol–water partition coefficient (Wildman–Crippen LogP) is -0.337. The van der Waals surface area contributed by atoms with E-state index in [0.717, 1.165) is 12.8 Å². The fourth-order valence-corrected chi connectivity index (χ4v) is 2.02. The van der Waals surface area contributed by atoms with Crippen LogP contribution in [0.5, 0.6) is 0 Å². The van der Waals surface area contributed by atoms with Crippen molar-refractivity contribution in [2.45, 2.75) is 38.8 Å². The predicted molar refractivity (Wildman–Crippen MR) is 63.2 cm³/mol. The minimum Gasteiger partial charge on any atom is -0.391 e. The van der Waals surface area contributed by atoms with Crippen LogP contribution in [0.4, 0.5) is 4.79 Å². The molecule has 0 aromatic rings. The third kappa shape index (κ3) is 3.89. The van der Waals surface area contributed by atoms with Gasteiger partial charge in [-0.2, -0.15) is 0 Å². The second kappa shape index (κ2) is 5.86. The number of hydrogen-bond donors (Lipinski definition) is 3. The van der Waals surface area contributed by atoms with E-state index in [0.29, 0.717) is 13.1 Å². The highest BCUT2D eigenvalue weighted by Crippen LogP contribution is 2.13. The lowest BCUT2D eigenvalue weighted by Crippen LogP contribution is -2.55. The Labute approximate surface area is 101 Å². The molecule has 3 amide bonds. The summed E-state index contributed by atoms with van der Waals surface area (Å²) in [4.78, 5) is 24.6. The summed E-state index contributed by atoms with van der Waals surface area (Å²) in [5.41, 5.74) is 5.06. The maximum Gasteiger partial charge on any atom is 0.312 e. The van der Waals surface area contributed by atoms with Crippen LogP contribution in [0.15, 0.2) is 0 Å². The number of piperidine rings is 1. The van der Waals surface area contributed by atoms with Crippen LogP contribution in [0.3, 0.4) is 0 Å². The second-order valence-corrected chi connectivity index (χ2v) is 4.81. The topological polar surface area (TPSA) is 95.7 Å². The monoisotopic (exact) mass is 243 g/mol. The molecule has 0 aromatic heterocycles. The maximum absolute atomic E-state index is 12.2. The van der Waals surface area contributed by atoms with Crippen molar-refractivity contribution in [1.29, 1.82) is 0 Å². The Morgan fingerprint density at radius 3 is 2.59 bits per heavy atom. The van der Waals surface area contributed by atoms with E-state index in [1.807, 2.05) is 13.8 Å². The van der Waals surface area contributed by atoms with Crippen LogP contribution in [0.25, 0.3) is 0 Å². The van der Waals surface area contributed by atoms with E-state index < -0.39 is 18.2 Å². The molecule has 6 heteroatoms. The van der Waals surface area contributed by atoms with Gasteiger partial charge >= 0.3 is 6.03 Å². The zero-order chi connectivity index (χ0) is 13.0. The normalized spacial score (nSPS) is 22.4. The van der Waals surface area contributed by atoms with E-state index in [4.69, 9.17) is 5.73 Å². The van der Waals surface area contributed by atoms with Crippen LogP contribution < -0.4 is 11.1 Å². The largest absolute Gasteiger partial charge is 0.391 e. The molecular formula is C11H21N3O3. The molecule has 0 saturated carbocycles. The highest BCUT2D eigenvalue weighted by atomic mass is 16.3. The highest BCUT2D eigenvalue weighted by Gasteiger charge is 2.30.